The second-order valence-electron chi connectivity index (χ2n) is 6.64. The van der Waals surface area contributed by atoms with Gasteiger partial charge in [-0.05, 0) is 24.6 Å². The first-order chi connectivity index (χ1) is 13.9. The lowest BCUT2D eigenvalue weighted by molar-refractivity contribution is -0.137. The molecule has 0 spiro atoms. The van der Waals surface area contributed by atoms with Gasteiger partial charge in [-0.2, -0.15) is 22.8 Å². The number of alkyl halides is 3. The van der Waals surface area contributed by atoms with Gasteiger partial charge in [0.15, 0.2) is 5.76 Å². The van der Waals surface area contributed by atoms with Gasteiger partial charge in [-0.25, -0.2) is 0 Å². The van der Waals surface area contributed by atoms with E-state index in [2.05, 4.69) is 15.3 Å². The van der Waals surface area contributed by atoms with E-state index < -0.39 is 11.7 Å². The molecule has 0 aliphatic carbocycles. The minimum atomic E-state index is -4.37. The Bertz CT molecular complexity index is 1350. The molecule has 146 valence electrons. The number of benzene rings is 2. The summed E-state index contributed by atoms with van der Waals surface area (Å²) in [5.41, 5.74) is 1.54. The molecule has 5 nitrogen and oxygen atoms in total. The number of fused-ring (bicyclic) bond motifs is 2. The van der Waals surface area contributed by atoms with Crippen molar-refractivity contribution in [1.29, 1.82) is 0 Å². The Hall–Kier alpha value is -3.20. The van der Waals surface area contributed by atoms with E-state index >= 15 is 0 Å². The molecule has 3 heterocycles. The van der Waals surface area contributed by atoms with Crippen molar-refractivity contribution in [2.45, 2.75) is 19.5 Å². The number of rotatable bonds is 3. The van der Waals surface area contributed by atoms with Crippen LogP contribution in [0.3, 0.4) is 0 Å². The van der Waals surface area contributed by atoms with Crippen LogP contribution < -0.4 is 0 Å². The first-order valence-corrected chi connectivity index (χ1v) is 9.57. The van der Waals surface area contributed by atoms with E-state index in [0.29, 0.717) is 27.1 Å². The number of hydrogen-bond donors (Lipinski definition) is 0. The van der Waals surface area contributed by atoms with Gasteiger partial charge in [-0.15, -0.1) is 10.2 Å². The summed E-state index contributed by atoms with van der Waals surface area (Å²) in [6.07, 6.45) is -4.10. The van der Waals surface area contributed by atoms with Crippen LogP contribution in [0.4, 0.5) is 13.2 Å². The van der Waals surface area contributed by atoms with Crippen LogP contribution in [-0.4, -0.2) is 19.8 Å². The molecule has 0 atom stereocenters. The average Bonchev–Trinajstić information content (AvgIpc) is 3.34. The lowest BCUT2D eigenvalue weighted by Gasteiger charge is -2.07. The maximum absolute atomic E-state index is 12.9. The highest BCUT2D eigenvalue weighted by atomic mass is 32.1. The van der Waals surface area contributed by atoms with Crippen molar-refractivity contribution in [2.24, 2.45) is 0 Å². The summed E-state index contributed by atoms with van der Waals surface area (Å²) in [6.45, 7) is 1.94. The molecule has 2 aromatic carbocycles. The number of nitrogens with zero attached hydrogens (tertiary/aromatic N) is 4. The van der Waals surface area contributed by atoms with Crippen LogP contribution in [0.1, 0.15) is 21.7 Å². The van der Waals surface area contributed by atoms with Crippen LogP contribution in [0.15, 0.2) is 52.9 Å². The molecule has 0 fully saturated rings. The molecule has 0 N–H and O–H groups in total. The highest BCUT2D eigenvalue weighted by Crippen LogP contribution is 2.33. The molecule has 9 heteroatoms. The van der Waals surface area contributed by atoms with E-state index in [9.17, 15) is 13.2 Å². The lowest BCUT2D eigenvalue weighted by Crippen LogP contribution is -2.05. The maximum atomic E-state index is 12.9. The van der Waals surface area contributed by atoms with Crippen molar-refractivity contribution < 1.29 is 17.6 Å². The Morgan fingerprint density at radius 2 is 1.90 bits per heavy atom. The number of hydrogen-bond acceptors (Lipinski definition) is 5. The Morgan fingerprint density at radius 1 is 1.07 bits per heavy atom. The van der Waals surface area contributed by atoms with E-state index in [1.165, 1.54) is 17.4 Å². The van der Waals surface area contributed by atoms with Crippen LogP contribution in [0, 0.1) is 6.92 Å². The second-order valence-corrected chi connectivity index (χ2v) is 7.68. The number of furan rings is 1. The van der Waals surface area contributed by atoms with E-state index in [0.717, 1.165) is 28.7 Å². The van der Waals surface area contributed by atoms with Gasteiger partial charge in [0.2, 0.25) is 10.8 Å². The number of halogens is 3. The van der Waals surface area contributed by atoms with Crippen molar-refractivity contribution in [1.82, 2.24) is 19.8 Å². The molecule has 0 radical (unpaired) electrons. The van der Waals surface area contributed by atoms with Crippen LogP contribution >= 0.6 is 11.3 Å². The zero-order valence-electron chi connectivity index (χ0n) is 15.1. The SMILES string of the molecule is Cc1c(-c2nnc3sc(Cc4cccc(C(F)(F)F)c4)nn23)oc2ccccc12. The fraction of sp³-hybridized carbons (Fsp3) is 0.150. The summed E-state index contributed by atoms with van der Waals surface area (Å²) in [4.78, 5) is 0.557. The van der Waals surface area contributed by atoms with Crippen LogP contribution in [-0.2, 0) is 12.6 Å². The van der Waals surface area contributed by atoms with Gasteiger partial charge in [-0.1, -0.05) is 47.7 Å². The zero-order chi connectivity index (χ0) is 20.2. The van der Waals surface area contributed by atoms with Gasteiger partial charge in [0.05, 0.1) is 5.56 Å². The predicted octanol–water partition coefficient (Wildman–Crippen LogP) is 5.52. The fourth-order valence-corrected chi connectivity index (χ4v) is 4.16. The molecule has 29 heavy (non-hydrogen) atoms. The minimum absolute atomic E-state index is 0.274. The first kappa shape index (κ1) is 17.9. The Labute approximate surface area is 166 Å². The van der Waals surface area contributed by atoms with E-state index in [1.54, 1.807) is 10.6 Å². The van der Waals surface area contributed by atoms with Crippen LogP contribution in [0.5, 0.6) is 0 Å². The third kappa shape index (κ3) is 3.07. The Kier molecular flexibility index (Phi) is 3.95. The highest BCUT2D eigenvalue weighted by molar-refractivity contribution is 7.16. The average molecular weight is 414 g/mol. The van der Waals surface area contributed by atoms with Crippen molar-refractivity contribution >= 4 is 27.3 Å². The summed E-state index contributed by atoms with van der Waals surface area (Å²) >= 11 is 1.29. The number of aryl methyl sites for hydroxylation is 1. The van der Waals surface area contributed by atoms with Gasteiger partial charge in [-0.3, -0.25) is 0 Å². The van der Waals surface area contributed by atoms with Gasteiger partial charge in [0.1, 0.15) is 10.6 Å². The lowest BCUT2D eigenvalue weighted by atomic mass is 10.1. The Morgan fingerprint density at radius 3 is 2.69 bits per heavy atom. The second kappa shape index (κ2) is 6.41. The van der Waals surface area contributed by atoms with Crippen LogP contribution in [0.25, 0.3) is 27.5 Å². The molecule has 3 aromatic heterocycles. The summed E-state index contributed by atoms with van der Waals surface area (Å²) in [5.74, 6) is 1.05. The standard InChI is InChI=1S/C20H13F3N4OS/c1-11-14-7-2-3-8-15(14)28-17(11)18-24-25-19-27(18)26-16(29-19)10-12-5-4-6-13(9-12)20(21,22)23/h2-9H,10H2,1H3. The van der Waals surface area contributed by atoms with E-state index in [4.69, 9.17) is 4.42 Å². The summed E-state index contributed by atoms with van der Waals surface area (Å²) in [6, 6.07) is 12.9. The predicted molar refractivity (Wildman–Crippen MR) is 103 cm³/mol. The molecule has 5 rings (SSSR count). The third-order valence-corrected chi connectivity index (χ3v) is 5.59. The molecular formula is C20H13F3N4OS. The topological polar surface area (TPSA) is 56.2 Å². The van der Waals surface area contributed by atoms with Crippen molar-refractivity contribution in [3.05, 3.63) is 70.2 Å². The van der Waals surface area contributed by atoms with Crippen molar-refractivity contribution in [2.75, 3.05) is 0 Å². The third-order valence-electron chi connectivity index (χ3n) is 4.69. The largest absolute Gasteiger partial charge is 0.452 e. The van der Waals surface area contributed by atoms with Crippen molar-refractivity contribution in [3.63, 3.8) is 0 Å². The molecule has 0 aliphatic rings. The fourth-order valence-electron chi connectivity index (χ4n) is 3.29. The summed E-state index contributed by atoms with van der Waals surface area (Å²) in [7, 11) is 0. The molecule has 0 unspecified atom stereocenters. The minimum Gasteiger partial charge on any atom is -0.452 e. The molecule has 0 amide bonds. The summed E-state index contributed by atoms with van der Waals surface area (Å²) in [5, 5.41) is 14.5. The molecular weight excluding hydrogens is 401 g/mol. The van der Waals surface area contributed by atoms with E-state index in [-0.39, 0.29) is 6.42 Å². The number of aromatic nitrogens is 4. The first-order valence-electron chi connectivity index (χ1n) is 8.76. The van der Waals surface area contributed by atoms with Gasteiger partial charge < -0.3 is 4.42 Å². The van der Waals surface area contributed by atoms with E-state index in [1.807, 2.05) is 31.2 Å². The van der Waals surface area contributed by atoms with Gasteiger partial charge in [0, 0.05) is 17.4 Å². The molecule has 5 aromatic rings. The highest BCUT2D eigenvalue weighted by Gasteiger charge is 2.30. The monoisotopic (exact) mass is 414 g/mol. The Balaban J connectivity index is 1.53. The van der Waals surface area contributed by atoms with Crippen LogP contribution in [0.2, 0.25) is 0 Å². The van der Waals surface area contributed by atoms with Gasteiger partial charge in [0.25, 0.3) is 0 Å². The molecule has 0 bridgehead atoms. The summed E-state index contributed by atoms with van der Waals surface area (Å²) < 4.78 is 46.4. The molecule has 0 aliphatic heterocycles. The maximum Gasteiger partial charge on any atom is 0.416 e. The van der Waals surface area contributed by atoms with Crippen molar-refractivity contribution in [3.8, 4) is 11.6 Å². The molecule has 0 saturated heterocycles. The smallest absolute Gasteiger partial charge is 0.416 e. The number of para-hydroxylation sites is 1. The normalized spacial score (nSPS) is 12.3. The zero-order valence-corrected chi connectivity index (χ0v) is 15.9. The van der Waals surface area contributed by atoms with Gasteiger partial charge >= 0.3 is 6.18 Å². The quantitative estimate of drug-likeness (QED) is 0.390. The molecule has 0 saturated carbocycles.